The Bertz CT molecular complexity index is 347. The Morgan fingerprint density at radius 1 is 1.21 bits per heavy atom. The average molecular weight is 274 g/mol. The molecule has 0 aromatic carbocycles. The number of carbonyl (C=O) groups excluding carboxylic acids is 2. The number of rotatable bonds is 5. The minimum Gasteiger partial charge on any atom is -0.480 e. The second-order valence-corrected chi connectivity index (χ2v) is 5.48. The first-order valence-electron chi connectivity index (χ1n) is 6.02. The Hall–Kier alpha value is -1.79. The molecule has 0 radical (unpaired) electrons. The number of carboxylic acids is 1. The van der Waals surface area contributed by atoms with Crippen LogP contribution in [0.15, 0.2) is 0 Å². The summed E-state index contributed by atoms with van der Waals surface area (Å²) in [6, 6.07) is -0.839. The summed E-state index contributed by atoms with van der Waals surface area (Å²) in [6.45, 7) is 8.12. The molecule has 7 nitrogen and oxygen atoms in total. The van der Waals surface area contributed by atoms with E-state index in [1.807, 2.05) is 0 Å². The summed E-state index contributed by atoms with van der Waals surface area (Å²) in [6.07, 6.45) is -0.711. The molecule has 0 heterocycles. The van der Waals surface area contributed by atoms with Crippen molar-refractivity contribution in [3.8, 4) is 0 Å². The van der Waals surface area contributed by atoms with Gasteiger partial charge in [-0.05, 0) is 26.7 Å². The van der Waals surface area contributed by atoms with Crippen LogP contribution in [0.4, 0.5) is 4.79 Å². The molecule has 0 saturated carbocycles. The van der Waals surface area contributed by atoms with Crippen molar-refractivity contribution in [1.82, 2.24) is 10.6 Å². The van der Waals surface area contributed by atoms with Crippen LogP contribution in [0.25, 0.3) is 0 Å². The Kier molecular flexibility index (Phi) is 6.31. The minimum absolute atomic E-state index is 0.193. The second kappa shape index (κ2) is 6.96. The monoisotopic (exact) mass is 274 g/mol. The maximum absolute atomic E-state index is 11.7. The third-order valence-corrected chi connectivity index (χ3v) is 2.04. The zero-order valence-corrected chi connectivity index (χ0v) is 11.9. The summed E-state index contributed by atoms with van der Waals surface area (Å²) in [5, 5.41) is 13.1. The lowest BCUT2D eigenvalue weighted by atomic mass is 10.0. The van der Waals surface area contributed by atoms with Gasteiger partial charge in [0.15, 0.2) is 0 Å². The number of carboxylic acid groups (broad SMARTS) is 1. The Morgan fingerprint density at radius 3 is 2.11 bits per heavy atom. The molecule has 0 saturated heterocycles. The predicted molar refractivity (Wildman–Crippen MR) is 68.6 cm³/mol. The first kappa shape index (κ1) is 17.2. The third kappa shape index (κ3) is 8.01. The molecule has 0 bridgehead atoms. The highest BCUT2D eigenvalue weighted by atomic mass is 16.6. The molecule has 0 aliphatic rings. The van der Waals surface area contributed by atoms with Gasteiger partial charge in [0.25, 0.3) is 0 Å². The number of carbonyl (C=O) groups is 3. The summed E-state index contributed by atoms with van der Waals surface area (Å²) < 4.78 is 5.05. The fraction of sp³-hybridized carbons (Fsp3) is 0.750. The molecule has 0 rings (SSSR count). The lowest BCUT2D eigenvalue weighted by Gasteiger charge is -2.24. The van der Waals surface area contributed by atoms with E-state index >= 15 is 0 Å². The maximum Gasteiger partial charge on any atom is 0.408 e. The highest BCUT2D eigenvalue weighted by molar-refractivity contribution is 5.88. The Labute approximate surface area is 112 Å². The van der Waals surface area contributed by atoms with E-state index in [1.54, 1.807) is 34.6 Å². The van der Waals surface area contributed by atoms with Gasteiger partial charge in [-0.25, -0.2) is 4.79 Å². The van der Waals surface area contributed by atoms with Crippen LogP contribution in [0.1, 0.15) is 34.6 Å². The molecule has 2 amide bonds. The van der Waals surface area contributed by atoms with Crippen LogP contribution in [0.5, 0.6) is 0 Å². The van der Waals surface area contributed by atoms with E-state index in [-0.39, 0.29) is 5.92 Å². The fourth-order valence-corrected chi connectivity index (χ4v) is 1.24. The van der Waals surface area contributed by atoms with Crippen molar-refractivity contribution < 1.29 is 24.2 Å². The number of alkyl carbamates (subject to hydrolysis) is 1. The van der Waals surface area contributed by atoms with Crippen molar-refractivity contribution >= 4 is 18.0 Å². The summed E-state index contributed by atoms with van der Waals surface area (Å²) >= 11 is 0. The first-order valence-corrected chi connectivity index (χ1v) is 6.02. The molecule has 0 unspecified atom stereocenters. The van der Waals surface area contributed by atoms with Crippen LogP contribution in [0.3, 0.4) is 0 Å². The van der Waals surface area contributed by atoms with E-state index in [4.69, 9.17) is 9.84 Å². The lowest BCUT2D eigenvalue weighted by Crippen LogP contribution is -2.51. The van der Waals surface area contributed by atoms with E-state index in [1.165, 1.54) is 0 Å². The van der Waals surface area contributed by atoms with E-state index in [0.29, 0.717) is 0 Å². The zero-order valence-electron chi connectivity index (χ0n) is 11.9. The zero-order chi connectivity index (χ0) is 15.2. The SMILES string of the molecule is CC(C)[C@H](NC(=O)OC(C)(C)C)C(=O)NCC(=O)O. The molecule has 0 fully saturated rings. The van der Waals surface area contributed by atoms with Crippen molar-refractivity contribution in [1.29, 1.82) is 0 Å². The Balaban J connectivity index is 4.53. The molecule has 110 valence electrons. The highest BCUT2D eigenvalue weighted by Gasteiger charge is 2.26. The average Bonchev–Trinajstić information content (AvgIpc) is 2.19. The van der Waals surface area contributed by atoms with Gasteiger partial charge in [-0.3, -0.25) is 9.59 Å². The van der Waals surface area contributed by atoms with Crippen molar-refractivity contribution in [2.75, 3.05) is 6.54 Å². The summed E-state index contributed by atoms with van der Waals surface area (Å²) in [5.41, 5.74) is -0.664. The molecule has 0 aliphatic carbocycles. The molecule has 3 N–H and O–H groups in total. The summed E-state index contributed by atoms with van der Waals surface area (Å²) in [7, 11) is 0. The number of aliphatic carboxylic acids is 1. The van der Waals surface area contributed by atoms with Crippen LogP contribution in [-0.2, 0) is 14.3 Å². The van der Waals surface area contributed by atoms with Crippen LogP contribution in [0.2, 0.25) is 0 Å². The number of hydrogen-bond donors (Lipinski definition) is 3. The third-order valence-electron chi connectivity index (χ3n) is 2.04. The number of hydrogen-bond acceptors (Lipinski definition) is 4. The van der Waals surface area contributed by atoms with Crippen LogP contribution >= 0.6 is 0 Å². The van der Waals surface area contributed by atoms with Gasteiger partial charge in [-0.2, -0.15) is 0 Å². The van der Waals surface area contributed by atoms with E-state index < -0.39 is 36.2 Å². The molecule has 0 spiro atoms. The quantitative estimate of drug-likeness (QED) is 0.685. The van der Waals surface area contributed by atoms with Crippen LogP contribution in [0, 0.1) is 5.92 Å². The van der Waals surface area contributed by atoms with Gasteiger partial charge < -0.3 is 20.5 Å². The molecule has 0 aliphatic heterocycles. The molecule has 1 atom stereocenters. The standard InChI is InChI=1S/C12H22N2O5/c1-7(2)9(10(17)13-6-8(15)16)14-11(18)19-12(3,4)5/h7,9H,6H2,1-5H3,(H,13,17)(H,14,18)(H,15,16)/t9-/m0/s1. The molecular formula is C12H22N2O5. The molecule has 0 aromatic rings. The van der Waals surface area contributed by atoms with Gasteiger partial charge in [-0.15, -0.1) is 0 Å². The highest BCUT2D eigenvalue weighted by Crippen LogP contribution is 2.08. The van der Waals surface area contributed by atoms with Gasteiger partial charge in [0.05, 0.1) is 0 Å². The topological polar surface area (TPSA) is 105 Å². The summed E-state index contributed by atoms with van der Waals surface area (Å²) in [5.74, 6) is -1.89. The van der Waals surface area contributed by atoms with Crippen molar-refractivity contribution in [2.24, 2.45) is 5.92 Å². The molecule has 19 heavy (non-hydrogen) atoms. The van der Waals surface area contributed by atoms with E-state index in [0.717, 1.165) is 0 Å². The predicted octanol–water partition coefficient (Wildman–Crippen LogP) is 0.737. The molecule has 7 heteroatoms. The molecule has 0 aromatic heterocycles. The van der Waals surface area contributed by atoms with Crippen LogP contribution < -0.4 is 10.6 Å². The summed E-state index contributed by atoms with van der Waals surface area (Å²) in [4.78, 5) is 33.7. The number of nitrogens with one attached hydrogen (secondary N) is 2. The molecular weight excluding hydrogens is 252 g/mol. The largest absolute Gasteiger partial charge is 0.480 e. The van der Waals surface area contributed by atoms with Crippen molar-refractivity contribution in [3.63, 3.8) is 0 Å². The van der Waals surface area contributed by atoms with Gasteiger partial charge in [0.1, 0.15) is 18.2 Å². The van der Waals surface area contributed by atoms with Crippen molar-refractivity contribution in [3.05, 3.63) is 0 Å². The second-order valence-electron chi connectivity index (χ2n) is 5.48. The van der Waals surface area contributed by atoms with Gasteiger partial charge in [-0.1, -0.05) is 13.8 Å². The Morgan fingerprint density at radius 2 is 1.74 bits per heavy atom. The van der Waals surface area contributed by atoms with Crippen LogP contribution in [-0.4, -0.2) is 41.3 Å². The van der Waals surface area contributed by atoms with Crippen molar-refractivity contribution in [2.45, 2.75) is 46.3 Å². The van der Waals surface area contributed by atoms with E-state index in [2.05, 4.69) is 10.6 Å². The minimum atomic E-state index is -1.15. The first-order chi connectivity index (χ1) is 8.53. The van der Waals surface area contributed by atoms with Gasteiger partial charge >= 0.3 is 12.1 Å². The smallest absolute Gasteiger partial charge is 0.408 e. The number of amides is 2. The lowest BCUT2D eigenvalue weighted by molar-refractivity contribution is -0.138. The van der Waals surface area contributed by atoms with E-state index in [9.17, 15) is 14.4 Å². The van der Waals surface area contributed by atoms with Gasteiger partial charge in [0.2, 0.25) is 5.91 Å². The fourth-order valence-electron chi connectivity index (χ4n) is 1.24. The van der Waals surface area contributed by atoms with Gasteiger partial charge in [0, 0.05) is 0 Å². The maximum atomic E-state index is 11.7. The normalized spacial score (nSPS) is 12.7. The number of ether oxygens (including phenoxy) is 1.